The van der Waals surface area contributed by atoms with Gasteiger partial charge in [0.1, 0.15) is 18.5 Å². The first-order chi connectivity index (χ1) is 10.5. The largest absolute Gasteiger partial charge is 1.00 e. The molecule has 0 amide bonds. The van der Waals surface area contributed by atoms with Gasteiger partial charge in [0.25, 0.3) is 0 Å². The summed E-state index contributed by atoms with van der Waals surface area (Å²) in [6.07, 6.45) is -0.664. The molecule has 1 atom stereocenters. The number of halogens is 1. The fraction of sp³-hybridized carbons (Fsp3) is 0.647. The van der Waals surface area contributed by atoms with Crippen molar-refractivity contribution in [1.29, 1.82) is 0 Å². The van der Waals surface area contributed by atoms with E-state index in [0.717, 1.165) is 5.75 Å². The third-order valence-electron chi connectivity index (χ3n) is 3.61. The molecule has 0 aliphatic rings. The molecule has 0 aliphatic carbocycles. The van der Waals surface area contributed by atoms with Crippen LogP contribution in [-0.4, -0.2) is 65.8 Å². The van der Waals surface area contributed by atoms with Gasteiger partial charge in [0.2, 0.25) is 0 Å². The molecule has 1 unspecified atom stereocenters. The molecule has 0 aliphatic heterocycles. The summed E-state index contributed by atoms with van der Waals surface area (Å²) >= 11 is 0. The number of aliphatic hydroxyl groups is 3. The highest BCUT2D eigenvalue weighted by Crippen LogP contribution is 2.23. The number of benzene rings is 1. The molecule has 0 bridgehead atoms. The highest BCUT2D eigenvalue weighted by Gasteiger charge is 2.12. The maximum absolute atomic E-state index is 10.0. The molecule has 23 heavy (non-hydrogen) atoms. The van der Waals surface area contributed by atoms with E-state index in [4.69, 9.17) is 14.9 Å². The Labute approximate surface area is 145 Å². The van der Waals surface area contributed by atoms with Gasteiger partial charge in [-0.2, -0.15) is 0 Å². The summed E-state index contributed by atoms with van der Waals surface area (Å²) < 4.78 is 5.64. The van der Waals surface area contributed by atoms with Gasteiger partial charge in [0, 0.05) is 19.6 Å². The Morgan fingerprint density at radius 2 is 1.74 bits per heavy atom. The van der Waals surface area contributed by atoms with Crippen LogP contribution in [-0.2, 0) is 0 Å². The van der Waals surface area contributed by atoms with E-state index in [0.29, 0.717) is 25.6 Å². The maximum atomic E-state index is 10.0. The van der Waals surface area contributed by atoms with E-state index in [1.165, 1.54) is 11.1 Å². The van der Waals surface area contributed by atoms with Crippen molar-refractivity contribution < 1.29 is 32.5 Å². The van der Waals surface area contributed by atoms with Crippen LogP contribution in [0.2, 0.25) is 0 Å². The second-order valence-electron chi connectivity index (χ2n) is 5.89. The first-order valence-corrected chi connectivity index (χ1v) is 7.83. The number of hydrogen-bond acceptors (Lipinski definition) is 5. The molecule has 0 saturated carbocycles. The first-order valence-electron chi connectivity index (χ1n) is 7.83. The fourth-order valence-corrected chi connectivity index (χ4v) is 2.51. The molecular formula is C17H29ClNO4-. The van der Waals surface area contributed by atoms with Crippen molar-refractivity contribution in [1.82, 2.24) is 4.90 Å². The van der Waals surface area contributed by atoms with Crippen LogP contribution in [0, 0.1) is 6.92 Å². The standard InChI is InChI=1S/C17H29NO4.ClH/c1-13(2)17-5-4-16(10-14(17)3)22-12-15(21)11-18(6-8-19)7-9-20;/h4-5,10,13,15,19-21H,6-9,11-12H2,1-3H3;1H/p-1. The minimum Gasteiger partial charge on any atom is -1.00 e. The van der Waals surface area contributed by atoms with Gasteiger partial charge >= 0.3 is 0 Å². The molecule has 0 heterocycles. The molecule has 0 aromatic heterocycles. The Morgan fingerprint density at radius 1 is 1.13 bits per heavy atom. The summed E-state index contributed by atoms with van der Waals surface area (Å²) in [6.45, 7) is 7.79. The molecule has 3 N–H and O–H groups in total. The molecule has 5 nitrogen and oxygen atoms in total. The number of rotatable bonds is 10. The predicted octanol–water partition coefficient (Wildman–Crippen LogP) is -1.85. The Balaban J connectivity index is 0.00000484. The zero-order valence-electron chi connectivity index (χ0n) is 14.2. The fourth-order valence-electron chi connectivity index (χ4n) is 2.51. The minimum atomic E-state index is -0.664. The Bertz CT molecular complexity index is 437. The van der Waals surface area contributed by atoms with Gasteiger partial charge in [-0.05, 0) is 36.1 Å². The molecule has 0 radical (unpaired) electrons. The van der Waals surface area contributed by atoms with Crippen LogP contribution in [0.25, 0.3) is 0 Å². The lowest BCUT2D eigenvalue weighted by Gasteiger charge is -2.23. The average molecular weight is 347 g/mol. The predicted molar refractivity (Wildman–Crippen MR) is 87.4 cm³/mol. The van der Waals surface area contributed by atoms with Crippen molar-refractivity contribution >= 4 is 0 Å². The quantitative estimate of drug-likeness (QED) is 0.464. The summed E-state index contributed by atoms with van der Waals surface area (Å²) in [5, 5.41) is 27.9. The first kappa shape index (κ1) is 22.1. The lowest BCUT2D eigenvalue weighted by Crippen LogP contribution is -3.00. The average Bonchev–Trinajstić information content (AvgIpc) is 2.45. The Hall–Kier alpha value is -0.850. The number of nitrogens with zero attached hydrogens (tertiary/aromatic N) is 1. The van der Waals surface area contributed by atoms with Crippen LogP contribution >= 0.6 is 0 Å². The van der Waals surface area contributed by atoms with Gasteiger partial charge in [-0.3, -0.25) is 4.90 Å². The molecule has 0 spiro atoms. The van der Waals surface area contributed by atoms with Crippen LogP contribution < -0.4 is 17.1 Å². The zero-order valence-corrected chi connectivity index (χ0v) is 15.0. The second kappa shape index (κ2) is 11.6. The van der Waals surface area contributed by atoms with E-state index < -0.39 is 6.10 Å². The van der Waals surface area contributed by atoms with Crippen molar-refractivity contribution in [3.63, 3.8) is 0 Å². The van der Waals surface area contributed by atoms with Crippen molar-refractivity contribution in [2.45, 2.75) is 32.8 Å². The molecule has 0 saturated heterocycles. The molecule has 134 valence electrons. The Morgan fingerprint density at radius 3 is 2.22 bits per heavy atom. The van der Waals surface area contributed by atoms with Gasteiger partial charge in [0.05, 0.1) is 13.2 Å². The van der Waals surface area contributed by atoms with Crippen molar-refractivity contribution in [2.24, 2.45) is 0 Å². The second-order valence-corrected chi connectivity index (χ2v) is 5.89. The lowest BCUT2D eigenvalue weighted by atomic mass is 9.98. The monoisotopic (exact) mass is 346 g/mol. The van der Waals surface area contributed by atoms with E-state index in [-0.39, 0.29) is 32.2 Å². The highest BCUT2D eigenvalue weighted by molar-refractivity contribution is 5.36. The van der Waals surface area contributed by atoms with E-state index in [9.17, 15) is 5.11 Å². The zero-order chi connectivity index (χ0) is 16.5. The molecular weight excluding hydrogens is 318 g/mol. The van der Waals surface area contributed by atoms with Crippen molar-refractivity contribution in [3.05, 3.63) is 29.3 Å². The van der Waals surface area contributed by atoms with Crippen LogP contribution in [0.15, 0.2) is 18.2 Å². The van der Waals surface area contributed by atoms with Gasteiger partial charge in [0.15, 0.2) is 0 Å². The summed E-state index contributed by atoms with van der Waals surface area (Å²) in [4.78, 5) is 1.81. The minimum absolute atomic E-state index is 0. The maximum Gasteiger partial charge on any atom is 0.119 e. The van der Waals surface area contributed by atoms with E-state index in [1.54, 1.807) is 4.90 Å². The topological polar surface area (TPSA) is 73.2 Å². The van der Waals surface area contributed by atoms with Crippen molar-refractivity contribution in [2.75, 3.05) is 39.5 Å². The number of ether oxygens (including phenoxy) is 1. The van der Waals surface area contributed by atoms with Crippen LogP contribution in [0.3, 0.4) is 0 Å². The summed E-state index contributed by atoms with van der Waals surface area (Å²) in [7, 11) is 0. The molecule has 1 aromatic rings. The summed E-state index contributed by atoms with van der Waals surface area (Å²) in [5.74, 6) is 1.22. The Kier molecular flexibility index (Phi) is 11.2. The van der Waals surface area contributed by atoms with Gasteiger partial charge < -0.3 is 32.5 Å². The van der Waals surface area contributed by atoms with E-state index >= 15 is 0 Å². The van der Waals surface area contributed by atoms with Crippen molar-refractivity contribution in [3.8, 4) is 5.75 Å². The van der Waals surface area contributed by atoms with Crippen LogP contribution in [0.4, 0.5) is 0 Å². The highest BCUT2D eigenvalue weighted by atomic mass is 35.5. The van der Waals surface area contributed by atoms with E-state index in [2.05, 4.69) is 26.8 Å². The molecule has 1 rings (SSSR count). The molecule has 6 heteroatoms. The molecule has 0 fully saturated rings. The number of hydrogen-bond donors (Lipinski definition) is 3. The van der Waals surface area contributed by atoms with Crippen LogP contribution in [0.1, 0.15) is 30.9 Å². The van der Waals surface area contributed by atoms with Crippen LogP contribution in [0.5, 0.6) is 5.75 Å². The summed E-state index contributed by atoms with van der Waals surface area (Å²) in [5.41, 5.74) is 2.48. The van der Waals surface area contributed by atoms with Gasteiger partial charge in [-0.25, -0.2) is 0 Å². The number of aliphatic hydroxyl groups excluding tert-OH is 3. The number of aryl methyl sites for hydroxylation is 1. The smallest absolute Gasteiger partial charge is 0.119 e. The van der Waals surface area contributed by atoms with E-state index in [1.807, 2.05) is 12.1 Å². The molecule has 1 aromatic carbocycles. The SMILES string of the molecule is Cc1cc(OCC(O)CN(CCO)CCO)ccc1C(C)C.[Cl-]. The third kappa shape index (κ3) is 7.99. The van der Waals surface area contributed by atoms with Gasteiger partial charge in [-0.1, -0.05) is 19.9 Å². The normalized spacial score (nSPS) is 12.3. The summed E-state index contributed by atoms with van der Waals surface area (Å²) in [6, 6.07) is 5.97. The lowest BCUT2D eigenvalue weighted by molar-refractivity contribution is -0.0000115. The third-order valence-corrected chi connectivity index (χ3v) is 3.61. The van der Waals surface area contributed by atoms with Gasteiger partial charge in [-0.15, -0.1) is 0 Å².